The van der Waals surface area contributed by atoms with Gasteiger partial charge in [0.25, 0.3) is 5.91 Å². The predicted molar refractivity (Wildman–Crippen MR) is 133 cm³/mol. The topological polar surface area (TPSA) is 73.2 Å². The fraction of sp³-hybridized carbons (Fsp3) is 0.321. The summed E-state index contributed by atoms with van der Waals surface area (Å²) in [5.74, 6) is -0.802. The summed E-state index contributed by atoms with van der Waals surface area (Å²) >= 11 is 0. The van der Waals surface area contributed by atoms with Gasteiger partial charge in [0.2, 0.25) is 0 Å². The van der Waals surface area contributed by atoms with Gasteiger partial charge in [0.05, 0.1) is 11.4 Å². The largest absolute Gasteiger partial charge is 0.452 e. The van der Waals surface area contributed by atoms with Gasteiger partial charge in [-0.25, -0.2) is 9.48 Å². The Morgan fingerprint density at radius 2 is 1.74 bits per heavy atom. The van der Waals surface area contributed by atoms with Crippen molar-refractivity contribution in [3.8, 4) is 16.9 Å². The number of benzene rings is 2. The van der Waals surface area contributed by atoms with E-state index in [0.29, 0.717) is 0 Å². The lowest BCUT2D eigenvalue weighted by atomic mass is 10.1. The molecule has 0 radical (unpaired) electrons. The van der Waals surface area contributed by atoms with Crippen LogP contribution in [0.1, 0.15) is 49.7 Å². The molecule has 0 bridgehead atoms. The Hall–Kier alpha value is -3.67. The molecule has 0 aliphatic heterocycles. The summed E-state index contributed by atoms with van der Waals surface area (Å²) in [7, 11) is 0. The van der Waals surface area contributed by atoms with Crippen LogP contribution in [0, 0.1) is 6.92 Å². The lowest BCUT2D eigenvalue weighted by Gasteiger charge is -2.15. The smallest absolute Gasteiger partial charge is 0.331 e. The third-order valence-electron chi connectivity index (χ3n) is 6.05. The molecule has 1 amide bonds. The molecule has 1 N–H and O–H groups in total. The number of aromatic nitrogens is 2. The predicted octanol–water partition coefficient (Wildman–Crippen LogP) is 5.24. The van der Waals surface area contributed by atoms with E-state index in [-0.39, 0.29) is 18.6 Å². The number of rotatable bonds is 7. The molecular weight excluding hydrogens is 426 g/mol. The van der Waals surface area contributed by atoms with Crippen LogP contribution in [0.3, 0.4) is 0 Å². The average Bonchev–Trinajstić information content (AvgIpc) is 3.12. The van der Waals surface area contributed by atoms with E-state index in [0.717, 1.165) is 53.8 Å². The Bertz CT molecular complexity index is 1130. The van der Waals surface area contributed by atoms with Gasteiger partial charge in [-0.1, -0.05) is 73.7 Å². The zero-order valence-electron chi connectivity index (χ0n) is 19.6. The van der Waals surface area contributed by atoms with Gasteiger partial charge in [0.15, 0.2) is 6.61 Å². The minimum absolute atomic E-state index is 0.185. The highest BCUT2D eigenvalue weighted by molar-refractivity contribution is 5.90. The Balaban J connectivity index is 1.43. The van der Waals surface area contributed by atoms with Crippen LogP contribution in [0.2, 0.25) is 0 Å². The number of nitrogens with zero attached hydrogens (tertiary/aromatic N) is 2. The molecule has 6 heteroatoms. The van der Waals surface area contributed by atoms with E-state index in [1.54, 1.807) is 10.8 Å². The Morgan fingerprint density at radius 1 is 1.03 bits per heavy atom. The SMILES string of the molecule is Cc1ccc(-c2nn(-c3ccccc3)cc2/C=C/C(=O)OCC(=O)NC2CCCCCC2)cc1. The minimum atomic E-state index is -0.557. The highest BCUT2D eigenvalue weighted by Crippen LogP contribution is 2.25. The third-order valence-corrected chi connectivity index (χ3v) is 6.05. The lowest BCUT2D eigenvalue weighted by molar-refractivity contribution is -0.144. The van der Waals surface area contributed by atoms with Gasteiger partial charge < -0.3 is 10.1 Å². The first-order chi connectivity index (χ1) is 16.6. The molecule has 0 spiro atoms. The molecule has 1 aromatic heterocycles. The minimum Gasteiger partial charge on any atom is -0.452 e. The monoisotopic (exact) mass is 457 g/mol. The first-order valence-electron chi connectivity index (χ1n) is 11.9. The second kappa shape index (κ2) is 11.5. The molecule has 34 heavy (non-hydrogen) atoms. The number of hydrogen-bond donors (Lipinski definition) is 1. The average molecular weight is 458 g/mol. The van der Waals surface area contributed by atoms with Crippen molar-refractivity contribution < 1.29 is 14.3 Å². The molecule has 0 atom stereocenters. The van der Waals surface area contributed by atoms with Crippen molar-refractivity contribution in [3.05, 3.63) is 78.0 Å². The van der Waals surface area contributed by atoms with E-state index in [1.807, 2.05) is 67.7 Å². The van der Waals surface area contributed by atoms with E-state index in [4.69, 9.17) is 9.84 Å². The van der Waals surface area contributed by atoms with Gasteiger partial charge in [-0.2, -0.15) is 5.10 Å². The van der Waals surface area contributed by atoms with Crippen molar-refractivity contribution in [2.45, 2.75) is 51.5 Å². The van der Waals surface area contributed by atoms with Gasteiger partial charge in [0.1, 0.15) is 0 Å². The zero-order valence-corrected chi connectivity index (χ0v) is 19.6. The second-order valence-electron chi connectivity index (χ2n) is 8.78. The van der Waals surface area contributed by atoms with Gasteiger partial charge in [0, 0.05) is 29.4 Å². The molecule has 1 saturated carbocycles. The molecular formula is C28H31N3O3. The number of amides is 1. The van der Waals surface area contributed by atoms with Crippen LogP contribution in [-0.4, -0.2) is 34.3 Å². The van der Waals surface area contributed by atoms with E-state index >= 15 is 0 Å². The van der Waals surface area contributed by atoms with Gasteiger partial charge in [-0.3, -0.25) is 4.79 Å². The molecule has 1 heterocycles. The van der Waals surface area contributed by atoms with Gasteiger partial charge in [-0.15, -0.1) is 0 Å². The summed E-state index contributed by atoms with van der Waals surface area (Å²) < 4.78 is 6.98. The van der Waals surface area contributed by atoms with E-state index in [1.165, 1.54) is 18.9 Å². The lowest BCUT2D eigenvalue weighted by Crippen LogP contribution is -2.37. The first kappa shape index (κ1) is 23.5. The summed E-state index contributed by atoms with van der Waals surface area (Å²) in [6, 6.07) is 18.1. The van der Waals surface area contributed by atoms with Crippen molar-refractivity contribution >= 4 is 18.0 Å². The summed E-state index contributed by atoms with van der Waals surface area (Å²) in [6.07, 6.45) is 11.6. The van der Waals surface area contributed by atoms with Crippen molar-refractivity contribution in [3.63, 3.8) is 0 Å². The summed E-state index contributed by atoms with van der Waals surface area (Å²) in [4.78, 5) is 24.5. The maximum atomic E-state index is 12.3. The quantitative estimate of drug-likeness (QED) is 0.299. The maximum absolute atomic E-state index is 12.3. The normalized spacial score (nSPS) is 14.6. The number of aryl methyl sites for hydroxylation is 1. The molecule has 3 aromatic rings. The second-order valence-corrected chi connectivity index (χ2v) is 8.78. The molecule has 4 rings (SSSR count). The summed E-state index contributed by atoms with van der Waals surface area (Å²) in [6.45, 7) is 1.77. The van der Waals surface area contributed by atoms with Gasteiger partial charge in [-0.05, 0) is 38.0 Å². The van der Waals surface area contributed by atoms with Crippen LogP contribution < -0.4 is 5.32 Å². The van der Waals surface area contributed by atoms with Crippen molar-refractivity contribution in [1.82, 2.24) is 15.1 Å². The molecule has 2 aromatic carbocycles. The van der Waals surface area contributed by atoms with Crippen LogP contribution in [-0.2, 0) is 14.3 Å². The Kier molecular flexibility index (Phi) is 7.91. The van der Waals surface area contributed by atoms with Crippen LogP contribution in [0.15, 0.2) is 66.9 Å². The van der Waals surface area contributed by atoms with Crippen LogP contribution in [0.25, 0.3) is 23.0 Å². The molecule has 176 valence electrons. The van der Waals surface area contributed by atoms with Crippen LogP contribution >= 0.6 is 0 Å². The molecule has 1 aliphatic rings. The zero-order chi connectivity index (χ0) is 23.8. The van der Waals surface area contributed by atoms with Crippen molar-refractivity contribution in [2.75, 3.05) is 6.61 Å². The van der Waals surface area contributed by atoms with Crippen LogP contribution in [0.5, 0.6) is 0 Å². The first-order valence-corrected chi connectivity index (χ1v) is 11.9. The number of hydrogen-bond acceptors (Lipinski definition) is 4. The Morgan fingerprint density at radius 3 is 2.44 bits per heavy atom. The third kappa shape index (κ3) is 6.44. The summed E-state index contributed by atoms with van der Waals surface area (Å²) in [5.41, 5.74) is 4.59. The highest BCUT2D eigenvalue weighted by atomic mass is 16.5. The number of nitrogens with one attached hydrogen (secondary N) is 1. The summed E-state index contributed by atoms with van der Waals surface area (Å²) in [5, 5.41) is 7.75. The van der Waals surface area contributed by atoms with E-state index in [9.17, 15) is 9.59 Å². The fourth-order valence-electron chi connectivity index (χ4n) is 4.19. The van der Waals surface area contributed by atoms with Crippen molar-refractivity contribution in [1.29, 1.82) is 0 Å². The molecule has 1 fully saturated rings. The molecule has 0 unspecified atom stereocenters. The molecule has 1 aliphatic carbocycles. The number of carbonyl (C=O) groups excluding carboxylic acids is 2. The maximum Gasteiger partial charge on any atom is 0.331 e. The Labute approximate surface area is 200 Å². The van der Waals surface area contributed by atoms with E-state index in [2.05, 4.69) is 5.32 Å². The highest BCUT2D eigenvalue weighted by Gasteiger charge is 2.16. The molecule has 6 nitrogen and oxygen atoms in total. The molecule has 0 saturated heterocycles. The van der Waals surface area contributed by atoms with Crippen LogP contribution in [0.4, 0.5) is 0 Å². The number of esters is 1. The van der Waals surface area contributed by atoms with Crippen molar-refractivity contribution in [2.24, 2.45) is 0 Å². The fourth-order valence-corrected chi connectivity index (χ4v) is 4.19. The number of ether oxygens (including phenoxy) is 1. The van der Waals surface area contributed by atoms with E-state index < -0.39 is 5.97 Å². The number of para-hydroxylation sites is 1. The standard InChI is InChI=1S/C28H31N3O3/c1-21-13-15-22(16-14-21)28-23(19-31(30-28)25-11-7-4-8-12-25)17-18-27(33)34-20-26(32)29-24-9-5-2-3-6-10-24/h4,7-8,11-19,24H,2-3,5-6,9-10,20H2,1H3,(H,29,32)/b18-17+. The number of carbonyl (C=O) groups is 2. The van der Waals surface area contributed by atoms with Gasteiger partial charge >= 0.3 is 5.97 Å².